The van der Waals surface area contributed by atoms with E-state index in [9.17, 15) is 9.59 Å². The zero-order valence-corrected chi connectivity index (χ0v) is 17.2. The van der Waals surface area contributed by atoms with E-state index in [0.717, 1.165) is 32.1 Å². The molecule has 1 aliphatic carbocycles. The molecule has 148 valence electrons. The van der Waals surface area contributed by atoms with Crippen molar-refractivity contribution in [3.63, 3.8) is 0 Å². The van der Waals surface area contributed by atoms with Gasteiger partial charge in [0.25, 0.3) is 0 Å². The summed E-state index contributed by atoms with van der Waals surface area (Å²) in [6.45, 7) is 7.68. The number of rotatable bonds is 5. The summed E-state index contributed by atoms with van der Waals surface area (Å²) in [5, 5.41) is 0. The first-order valence-corrected chi connectivity index (χ1v) is 9.81. The third-order valence-corrected chi connectivity index (χ3v) is 4.73. The van der Waals surface area contributed by atoms with Gasteiger partial charge >= 0.3 is 12.1 Å². The second-order valence-electron chi connectivity index (χ2n) is 8.12. The third kappa shape index (κ3) is 5.98. The number of hydrogen-bond donors (Lipinski definition) is 0. The van der Waals surface area contributed by atoms with Crippen LogP contribution in [0.2, 0.25) is 6.82 Å². The molecule has 0 atom stereocenters. The molecule has 1 saturated carbocycles. The minimum absolute atomic E-state index is 0.0369. The topological polar surface area (TPSA) is 68.7 Å². The molecule has 0 aromatic carbocycles. The minimum atomic E-state index is -0.584. The minimum Gasteiger partial charge on any atom is -0.469 e. The van der Waals surface area contributed by atoms with Crippen LogP contribution in [0.4, 0.5) is 10.6 Å². The number of ether oxygens (including phenoxy) is 2. The molecule has 0 aliphatic heterocycles. The molecule has 1 aromatic rings. The number of hydrogen-bond acceptors (Lipinski definition) is 5. The average Bonchev–Trinajstić information content (AvgIpc) is 2.61. The van der Waals surface area contributed by atoms with E-state index in [0.29, 0.717) is 18.7 Å². The smallest absolute Gasteiger partial charge is 0.416 e. The van der Waals surface area contributed by atoms with Gasteiger partial charge in [0.15, 0.2) is 0 Å². The number of methoxy groups -OCH3 is 1. The molecule has 2 rings (SSSR count). The molecule has 7 heteroatoms. The molecular formula is C20H31BN2O4. The SMILES string of the molecule is CBCc1cccc(N(C(=O)OC(C)(C)C)C2CCC(C(=O)OC)CC2)n1. The normalized spacial score (nSPS) is 19.9. The van der Waals surface area contributed by atoms with Crippen molar-refractivity contribution in [1.82, 2.24) is 4.98 Å². The Balaban J connectivity index is 2.24. The lowest BCUT2D eigenvalue weighted by molar-refractivity contribution is -0.146. The standard InChI is InChI=1S/C20H31BN2O4/c1-20(2,3)27-19(25)23(17-8-6-7-15(22-17)13-21-4)16-11-9-14(10-12-16)18(24)26-5/h6-8,14,16,21H,9-13H2,1-5H3. The van der Waals surface area contributed by atoms with E-state index in [1.807, 2.05) is 39.0 Å². The molecule has 0 saturated heterocycles. The van der Waals surface area contributed by atoms with Crippen molar-refractivity contribution in [2.75, 3.05) is 12.0 Å². The monoisotopic (exact) mass is 374 g/mol. The molecule has 0 bridgehead atoms. The van der Waals surface area contributed by atoms with Gasteiger partial charge in [0, 0.05) is 11.7 Å². The molecule has 27 heavy (non-hydrogen) atoms. The zero-order chi connectivity index (χ0) is 20.0. The van der Waals surface area contributed by atoms with Crippen molar-refractivity contribution in [3.05, 3.63) is 23.9 Å². The highest BCUT2D eigenvalue weighted by Gasteiger charge is 2.35. The fourth-order valence-electron chi connectivity index (χ4n) is 3.47. The summed E-state index contributed by atoms with van der Waals surface area (Å²) in [6, 6.07) is 5.74. The maximum atomic E-state index is 13.0. The van der Waals surface area contributed by atoms with Crippen LogP contribution in [-0.2, 0) is 20.6 Å². The second-order valence-corrected chi connectivity index (χ2v) is 8.12. The van der Waals surface area contributed by atoms with Crippen molar-refractivity contribution >= 4 is 25.2 Å². The van der Waals surface area contributed by atoms with Gasteiger partial charge in [-0.2, -0.15) is 0 Å². The molecule has 1 aliphatic rings. The van der Waals surface area contributed by atoms with Crippen LogP contribution in [0.5, 0.6) is 0 Å². The number of anilines is 1. The first-order valence-electron chi connectivity index (χ1n) is 9.81. The van der Waals surface area contributed by atoms with E-state index in [4.69, 9.17) is 14.5 Å². The molecule has 0 spiro atoms. The van der Waals surface area contributed by atoms with E-state index in [-0.39, 0.29) is 24.0 Å². The predicted octanol–water partition coefficient (Wildman–Crippen LogP) is 3.54. The van der Waals surface area contributed by atoms with Crippen LogP contribution in [0.1, 0.15) is 52.1 Å². The predicted molar refractivity (Wildman–Crippen MR) is 107 cm³/mol. The van der Waals surface area contributed by atoms with Gasteiger partial charge in [-0.15, -0.1) is 0 Å². The lowest BCUT2D eigenvalue weighted by Crippen LogP contribution is -2.46. The van der Waals surface area contributed by atoms with Gasteiger partial charge in [0.1, 0.15) is 18.7 Å². The van der Waals surface area contributed by atoms with E-state index in [1.54, 1.807) is 4.90 Å². The van der Waals surface area contributed by atoms with Crippen LogP contribution in [0.25, 0.3) is 0 Å². The summed E-state index contributed by atoms with van der Waals surface area (Å²) in [7, 11) is 2.41. The molecule has 6 nitrogen and oxygen atoms in total. The lowest BCUT2D eigenvalue weighted by Gasteiger charge is -2.36. The van der Waals surface area contributed by atoms with Crippen LogP contribution in [-0.4, -0.2) is 43.1 Å². The second kappa shape index (κ2) is 9.24. The van der Waals surface area contributed by atoms with Crippen molar-refractivity contribution in [3.8, 4) is 0 Å². The van der Waals surface area contributed by atoms with Gasteiger partial charge < -0.3 is 9.47 Å². The summed E-state index contributed by atoms with van der Waals surface area (Å²) in [5.41, 5.74) is 0.381. The van der Waals surface area contributed by atoms with E-state index >= 15 is 0 Å². The molecule has 1 fully saturated rings. The van der Waals surface area contributed by atoms with Crippen LogP contribution < -0.4 is 4.90 Å². The van der Waals surface area contributed by atoms with E-state index in [1.165, 1.54) is 7.11 Å². The molecular weight excluding hydrogens is 343 g/mol. The fourth-order valence-corrected chi connectivity index (χ4v) is 3.47. The third-order valence-electron chi connectivity index (χ3n) is 4.73. The average molecular weight is 374 g/mol. The Kier molecular flexibility index (Phi) is 7.28. The van der Waals surface area contributed by atoms with Crippen molar-refractivity contribution in [2.24, 2.45) is 5.92 Å². The molecule has 0 N–H and O–H groups in total. The van der Waals surface area contributed by atoms with Gasteiger partial charge in [0.2, 0.25) is 0 Å². The Morgan fingerprint density at radius 1 is 1.22 bits per heavy atom. The summed E-state index contributed by atoms with van der Waals surface area (Å²) >= 11 is 0. The maximum absolute atomic E-state index is 13.0. The molecule has 0 unspecified atom stereocenters. The number of nitrogens with zero attached hydrogens (tertiary/aromatic N) is 2. The highest BCUT2D eigenvalue weighted by molar-refractivity contribution is 6.32. The van der Waals surface area contributed by atoms with Gasteiger partial charge in [0.05, 0.1) is 13.0 Å². The lowest BCUT2D eigenvalue weighted by atomic mass is 9.77. The number of carbonyl (C=O) groups is 2. The summed E-state index contributed by atoms with van der Waals surface area (Å²) in [5.74, 6) is 0.364. The van der Waals surface area contributed by atoms with Gasteiger partial charge in [-0.3, -0.25) is 9.69 Å². The maximum Gasteiger partial charge on any atom is 0.416 e. The van der Waals surface area contributed by atoms with Gasteiger partial charge in [-0.25, -0.2) is 9.78 Å². The molecule has 1 amide bonds. The van der Waals surface area contributed by atoms with Gasteiger partial charge in [-0.05, 0) is 64.9 Å². The van der Waals surface area contributed by atoms with Crippen LogP contribution >= 0.6 is 0 Å². The quantitative estimate of drug-likeness (QED) is 0.583. The van der Waals surface area contributed by atoms with Crippen LogP contribution in [0.15, 0.2) is 18.2 Å². The number of amides is 1. The molecule has 0 radical (unpaired) electrons. The molecule has 1 heterocycles. The zero-order valence-electron chi connectivity index (χ0n) is 17.2. The number of aromatic nitrogens is 1. The Labute approximate surface area is 162 Å². The largest absolute Gasteiger partial charge is 0.469 e. The van der Waals surface area contributed by atoms with Crippen LogP contribution in [0.3, 0.4) is 0 Å². The Bertz CT molecular complexity index is 652. The summed E-state index contributed by atoms with van der Waals surface area (Å²) in [6.07, 6.45) is 3.32. The molecule has 1 aromatic heterocycles. The van der Waals surface area contributed by atoms with E-state index in [2.05, 4.69) is 6.82 Å². The Hall–Kier alpha value is -2.05. The van der Waals surface area contributed by atoms with Crippen molar-refractivity contribution < 1.29 is 19.1 Å². The highest BCUT2D eigenvalue weighted by Crippen LogP contribution is 2.32. The first-order chi connectivity index (χ1) is 12.7. The van der Waals surface area contributed by atoms with Gasteiger partial charge in [-0.1, -0.05) is 12.9 Å². The number of pyridine rings is 1. The fraction of sp³-hybridized carbons (Fsp3) is 0.650. The Morgan fingerprint density at radius 3 is 2.44 bits per heavy atom. The summed E-state index contributed by atoms with van der Waals surface area (Å²) in [4.78, 5) is 31.2. The van der Waals surface area contributed by atoms with Crippen molar-refractivity contribution in [1.29, 1.82) is 0 Å². The highest BCUT2D eigenvalue weighted by atomic mass is 16.6. The van der Waals surface area contributed by atoms with Crippen molar-refractivity contribution in [2.45, 2.75) is 71.2 Å². The summed E-state index contributed by atoms with van der Waals surface area (Å²) < 4.78 is 10.5. The first kappa shape index (κ1) is 21.3. The number of carbonyl (C=O) groups excluding carboxylic acids is 2. The van der Waals surface area contributed by atoms with Crippen LogP contribution in [0, 0.1) is 5.92 Å². The van der Waals surface area contributed by atoms with E-state index < -0.39 is 5.60 Å². The Morgan fingerprint density at radius 2 is 1.89 bits per heavy atom. The number of esters is 1.